The second-order valence-electron chi connectivity index (χ2n) is 3.24. The third-order valence-electron chi connectivity index (χ3n) is 2.22. The van der Waals surface area contributed by atoms with E-state index >= 15 is 0 Å². The second-order valence-corrected chi connectivity index (χ2v) is 3.65. The second kappa shape index (κ2) is 4.16. The molecule has 1 N–H and O–H groups in total. The first-order valence-corrected chi connectivity index (χ1v) is 4.88. The molecule has 1 amide bonds. The van der Waals surface area contributed by atoms with Gasteiger partial charge in [-0.2, -0.15) is 0 Å². The first-order chi connectivity index (χ1) is 7.18. The number of benzene rings is 1. The van der Waals surface area contributed by atoms with Gasteiger partial charge in [0.2, 0.25) is 5.91 Å². The van der Waals surface area contributed by atoms with Crippen molar-refractivity contribution in [2.24, 2.45) is 0 Å². The Morgan fingerprint density at radius 1 is 1.53 bits per heavy atom. The van der Waals surface area contributed by atoms with Gasteiger partial charge in [-0.15, -0.1) is 0 Å². The standard InChI is InChI=1S/C10H9ClFNO2/c11-6-2-1-3-7(12)10(6)8-4-13-9(14)5-15-8/h1-3,8H,4-5H2,(H,13,14)/t8-/m1/s1. The minimum atomic E-state index is -0.503. The Labute approximate surface area is 91.2 Å². The Morgan fingerprint density at radius 2 is 2.33 bits per heavy atom. The monoisotopic (exact) mass is 229 g/mol. The normalized spacial score (nSPS) is 21.2. The fourth-order valence-corrected chi connectivity index (χ4v) is 1.78. The smallest absolute Gasteiger partial charge is 0.246 e. The van der Waals surface area contributed by atoms with Crippen LogP contribution in [-0.2, 0) is 9.53 Å². The van der Waals surface area contributed by atoms with E-state index in [9.17, 15) is 9.18 Å². The van der Waals surface area contributed by atoms with Crippen molar-refractivity contribution in [2.75, 3.05) is 13.2 Å². The summed E-state index contributed by atoms with van der Waals surface area (Å²) in [6.45, 7) is 0.189. The summed E-state index contributed by atoms with van der Waals surface area (Å²) in [7, 11) is 0. The van der Waals surface area contributed by atoms with Crippen molar-refractivity contribution in [1.29, 1.82) is 0 Å². The lowest BCUT2D eigenvalue weighted by atomic mass is 10.1. The van der Waals surface area contributed by atoms with E-state index in [4.69, 9.17) is 16.3 Å². The molecule has 0 aliphatic carbocycles. The van der Waals surface area contributed by atoms with E-state index < -0.39 is 11.9 Å². The molecule has 80 valence electrons. The van der Waals surface area contributed by atoms with Crippen LogP contribution in [0.2, 0.25) is 5.02 Å². The Morgan fingerprint density at radius 3 is 2.93 bits per heavy atom. The largest absolute Gasteiger partial charge is 0.362 e. The average molecular weight is 230 g/mol. The van der Waals surface area contributed by atoms with E-state index in [-0.39, 0.29) is 19.1 Å². The maximum absolute atomic E-state index is 13.5. The summed E-state index contributed by atoms with van der Waals surface area (Å²) in [5.74, 6) is -0.609. The molecule has 3 nitrogen and oxygen atoms in total. The van der Waals surface area contributed by atoms with Crippen molar-refractivity contribution in [3.05, 3.63) is 34.6 Å². The van der Waals surface area contributed by atoms with E-state index in [2.05, 4.69) is 5.32 Å². The number of hydrogen-bond acceptors (Lipinski definition) is 2. The summed E-state index contributed by atoms with van der Waals surface area (Å²) in [6.07, 6.45) is -0.503. The lowest BCUT2D eigenvalue weighted by molar-refractivity contribution is -0.133. The number of morpholine rings is 1. The molecule has 2 rings (SSSR count). The molecule has 0 bridgehead atoms. The predicted octanol–water partition coefficient (Wildman–Crippen LogP) is 1.67. The number of nitrogens with one attached hydrogen (secondary N) is 1. The summed E-state index contributed by atoms with van der Waals surface area (Å²) in [4.78, 5) is 10.8. The van der Waals surface area contributed by atoms with Crippen LogP contribution in [0.4, 0.5) is 4.39 Å². The predicted molar refractivity (Wildman–Crippen MR) is 53.1 cm³/mol. The number of carbonyl (C=O) groups excluding carboxylic acids is 1. The Bertz CT molecular complexity index is 367. The summed E-state index contributed by atoms with van der Waals surface area (Å²) >= 11 is 5.87. The van der Waals surface area contributed by atoms with Gasteiger partial charge in [0.25, 0.3) is 0 Å². The van der Waals surface area contributed by atoms with Crippen LogP contribution >= 0.6 is 11.6 Å². The number of amides is 1. The first kappa shape index (κ1) is 10.4. The van der Waals surface area contributed by atoms with Crippen molar-refractivity contribution in [2.45, 2.75) is 6.10 Å². The van der Waals surface area contributed by atoms with Crippen LogP contribution in [0.5, 0.6) is 0 Å². The highest BCUT2D eigenvalue weighted by Gasteiger charge is 2.24. The highest BCUT2D eigenvalue weighted by Crippen LogP contribution is 2.28. The van der Waals surface area contributed by atoms with Crippen LogP contribution < -0.4 is 5.32 Å². The van der Waals surface area contributed by atoms with Crippen LogP contribution in [-0.4, -0.2) is 19.1 Å². The third-order valence-corrected chi connectivity index (χ3v) is 2.55. The van der Waals surface area contributed by atoms with E-state index in [1.807, 2.05) is 0 Å². The molecule has 1 aliphatic rings. The molecule has 0 radical (unpaired) electrons. The van der Waals surface area contributed by atoms with E-state index in [1.54, 1.807) is 6.07 Å². The van der Waals surface area contributed by atoms with Gasteiger partial charge in [-0.05, 0) is 12.1 Å². The summed E-state index contributed by atoms with van der Waals surface area (Å²) in [6, 6.07) is 4.45. The third kappa shape index (κ3) is 2.11. The van der Waals surface area contributed by atoms with Gasteiger partial charge in [0.1, 0.15) is 18.5 Å². The van der Waals surface area contributed by atoms with Crippen molar-refractivity contribution in [3.63, 3.8) is 0 Å². The van der Waals surface area contributed by atoms with Crippen molar-refractivity contribution in [3.8, 4) is 0 Å². The first-order valence-electron chi connectivity index (χ1n) is 4.50. The van der Waals surface area contributed by atoms with E-state index in [0.29, 0.717) is 10.6 Å². The van der Waals surface area contributed by atoms with Crippen molar-refractivity contribution >= 4 is 17.5 Å². The molecule has 0 aromatic heterocycles. The highest BCUT2D eigenvalue weighted by molar-refractivity contribution is 6.31. The van der Waals surface area contributed by atoms with Crippen LogP contribution in [0, 0.1) is 5.82 Å². The van der Waals surface area contributed by atoms with Gasteiger partial charge in [-0.3, -0.25) is 4.79 Å². The molecule has 1 atom stereocenters. The zero-order chi connectivity index (χ0) is 10.8. The molecule has 0 unspecified atom stereocenters. The van der Waals surface area contributed by atoms with E-state index in [1.165, 1.54) is 12.1 Å². The molecule has 1 aromatic carbocycles. The van der Waals surface area contributed by atoms with Crippen molar-refractivity contribution in [1.82, 2.24) is 5.32 Å². The highest BCUT2D eigenvalue weighted by atomic mass is 35.5. The maximum atomic E-state index is 13.5. The molecule has 1 heterocycles. The Hall–Kier alpha value is -1.13. The summed E-state index contributed by atoms with van der Waals surface area (Å²) in [5.41, 5.74) is 0.305. The number of carbonyl (C=O) groups is 1. The van der Waals surface area contributed by atoms with Gasteiger partial charge >= 0.3 is 0 Å². The lowest BCUT2D eigenvalue weighted by Crippen LogP contribution is -2.39. The van der Waals surface area contributed by atoms with E-state index in [0.717, 1.165) is 0 Å². The van der Waals surface area contributed by atoms with Crippen molar-refractivity contribution < 1.29 is 13.9 Å². The van der Waals surface area contributed by atoms with Gasteiger partial charge < -0.3 is 10.1 Å². The zero-order valence-corrected chi connectivity index (χ0v) is 8.55. The van der Waals surface area contributed by atoms with Gasteiger partial charge in [-0.25, -0.2) is 4.39 Å². The fraction of sp³-hybridized carbons (Fsp3) is 0.300. The molecule has 1 saturated heterocycles. The topological polar surface area (TPSA) is 38.3 Å². The van der Waals surface area contributed by atoms with Crippen LogP contribution in [0.15, 0.2) is 18.2 Å². The van der Waals surface area contributed by atoms with Crippen LogP contribution in [0.3, 0.4) is 0 Å². The summed E-state index contributed by atoms with van der Waals surface area (Å²) < 4.78 is 18.7. The molecule has 5 heteroatoms. The zero-order valence-electron chi connectivity index (χ0n) is 7.80. The summed E-state index contributed by atoms with van der Waals surface area (Å²) in [5, 5.41) is 2.91. The minimum Gasteiger partial charge on any atom is -0.362 e. The van der Waals surface area contributed by atoms with Crippen LogP contribution in [0.1, 0.15) is 11.7 Å². The van der Waals surface area contributed by atoms with Gasteiger partial charge in [0.05, 0.1) is 0 Å². The Kier molecular flexibility index (Phi) is 2.88. The molecule has 1 aromatic rings. The molecular weight excluding hydrogens is 221 g/mol. The maximum Gasteiger partial charge on any atom is 0.246 e. The molecule has 1 fully saturated rings. The molecule has 0 spiro atoms. The van der Waals surface area contributed by atoms with Gasteiger partial charge in [0, 0.05) is 17.1 Å². The number of ether oxygens (including phenoxy) is 1. The molecular formula is C10H9ClFNO2. The molecule has 1 aliphatic heterocycles. The fourth-order valence-electron chi connectivity index (χ4n) is 1.50. The van der Waals surface area contributed by atoms with Crippen LogP contribution in [0.25, 0.3) is 0 Å². The number of hydrogen-bond donors (Lipinski definition) is 1. The Balaban J connectivity index is 2.26. The minimum absolute atomic E-state index is 0.0602. The quantitative estimate of drug-likeness (QED) is 0.796. The number of halogens is 2. The number of rotatable bonds is 1. The lowest BCUT2D eigenvalue weighted by Gasteiger charge is -2.24. The average Bonchev–Trinajstić information content (AvgIpc) is 2.20. The molecule has 0 saturated carbocycles. The van der Waals surface area contributed by atoms with Gasteiger partial charge in [0.15, 0.2) is 0 Å². The van der Waals surface area contributed by atoms with Gasteiger partial charge in [-0.1, -0.05) is 17.7 Å². The molecule has 15 heavy (non-hydrogen) atoms. The SMILES string of the molecule is O=C1CO[C@@H](c2c(F)cccc2Cl)CN1.